The maximum absolute atomic E-state index is 10.6. The third-order valence-corrected chi connectivity index (χ3v) is 1.26. The first-order chi connectivity index (χ1) is 5.72. The van der Waals surface area contributed by atoms with Crippen LogP contribution in [0.3, 0.4) is 0 Å². The van der Waals surface area contributed by atoms with Crippen LogP contribution in [0, 0.1) is 0 Å². The lowest BCUT2D eigenvalue weighted by Gasteiger charge is -2.00. The number of carbonyl (C=O) groups excluding carboxylic acids is 2. The minimum absolute atomic E-state index is 0.211. The zero-order valence-electron chi connectivity index (χ0n) is 6.28. The topological polar surface area (TPSA) is 72.2 Å². The Kier molecular flexibility index (Phi) is 2.42. The fourth-order valence-corrected chi connectivity index (χ4v) is 0.788. The SMILES string of the molecule is Nc1cccc(NC(=O)C=O)c1. The third kappa shape index (κ3) is 2.09. The molecule has 0 saturated carbocycles. The van der Waals surface area contributed by atoms with Crippen molar-refractivity contribution in [2.75, 3.05) is 11.1 Å². The maximum Gasteiger partial charge on any atom is 0.288 e. The lowest BCUT2D eigenvalue weighted by molar-refractivity contribution is -0.127. The van der Waals surface area contributed by atoms with Gasteiger partial charge in [0.25, 0.3) is 5.91 Å². The molecule has 0 fully saturated rings. The molecule has 4 heteroatoms. The van der Waals surface area contributed by atoms with Gasteiger partial charge in [0.05, 0.1) is 0 Å². The third-order valence-electron chi connectivity index (χ3n) is 1.26. The second kappa shape index (κ2) is 3.52. The summed E-state index contributed by atoms with van der Waals surface area (Å²) in [5, 5.41) is 2.35. The monoisotopic (exact) mass is 164 g/mol. The Balaban J connectivity index is 2.76. The Bertz CT molecular complexity index is 310. The molecule has 1 rings (SSSR count). The van der Waals surface area contributed by atoms with E-state index in [4.69, 9.17) is 5.73 Å². The molecular weight excluding hydrogens is 156 g/mol. The highest BCUT2D eigenvalue weighted by Gasteiger charge is 1.98. The number of hydrogen-bond donors (Lipinski definition) is 2. The maximum atomic E-state index is 10.6. The van der Waals surface area contributed by atoms with E-state index in [0.29, 0.717) is 11.4 Å². The van der Waals surface area contributed by atoms with E-state index in [1.54, 1.807) is 24.3 Å². The highest BCUT2D eigenvalue weighted by molar-refractivity contribution is 6.29. The summed E-state index contributed by atoms with van der Waals surface area (Å²) in [6.07, 6.45) is 0.211. The molecular formula is C8H8N2O2. The number of rotatable bonds is 2. The van der Waals surface area contributed by atoms with Crippen molar-refractivity contribution in [2.24, 2.45) is 0 Å². The summed E-state index contributed by atoms with van der Waals surface area (Å²) in [7, 11) is 0. The van der Waals surface area contributed by atoms with Crippen LogP contribution < -0.4 is 11.1 Å². The van der Waals surface area contributed by atoms with E-state index >= 15 is 0 Å². The van der Waals surface area contributed by atoms with E-state index < -0.39 is 5.91 Å². The van der Waals surface area contributed by atoms with Crippen molar-refractivity contribution in [1.82, 2.24) is 0 Å². The molecule has 0 aliphatic rings. The Morgan fingerprint density at radius 1 is 1.50 bits per heavy atom. The van der Waals surface area contributed by atoms with Crippen LogP contribution in [0.2, 0.25) is 0 Å². The molecule has 4 nitrogen and oxygen atoms in total. The molecule has 0 atom stereocenters. The van der Waals surface area contributed by atoms with Crippen molar-refractivity contribution in [3.05, 3.63) is 24.3 Å². The van der Waals surface area contributed by atoms with Gasteiger partial charge in [0.15, 0.2) is 0 Å². The lowest BCUT2D eigenvalue weighted by atomic mass is 10.3. The van der Waals surface area contributed by atoms with Gasteiger partial charge < -0.3 is 11.1 Å². The second-order valence-electron chi connectivity index (χ2n) is 2.23. The van der Waals surface area contributed by atoms with Gasteiger partial charge in [0.1, 0.15) is 0 Å². The van der Waals surface area contributed by atoms with Crippen molar-refractivity contribution in [3.8, 4) is 0 Å². The number of amides is 1. The van der Waals surface area contributed by atoms with Crippen LogP contribution in [0.25, 0.3) is 0 Å². The van der Waals surface area contributed by atoms with Gasteiger partial charge in [-0.3, -0.25) is 9.59 Å². The molecule has 3 N–H and O–H groups in total. The highest BCUT2D eigenvalue weighted by Crippen LogP contribution is 2.10. The van der Waals surface area contributed by atoms with Gasteiger partial charge in [-0.15, -0.1) is 0 Å². The van der Waals surface area contributed by atoms with Gasteiger partial charge in [-0.05, 0) is 18.2 Å². The average molecular weight is 164 g/mol. The van der Waals surface area contributed by atoms with Gasteiger partial charge in [-0.1, -0.05) is 6.07 Å². The fraction of sp³-hybridized carbons (Fsp3) is 0. The summed E-state index contributed by atoms with van der Waals surface area (Å²) in [6.45, 7) is 0. The summed E-state index contributed by atoms with van der Waals surface area (Å²) >= 11 is 0. The zero-order valence-corrected chi connectivity index (χ0v) is 6.28. The van der Waals surface area contributed by atoms with Crippen LogP contribution in [0.4, 0.5) is 11.4 Å². The van der Waals surface area contributed by atoms with E-state index in [0.717, 1.165) is 0 Å². The second-order valence-corrected chi connectivity index (χ2v) is 2.23. The lowest BCUT2D eigenvalue weighted by Crippen LogP contribution is -2.12. The minimum atomic E-state index is -0.680. The summed E-state index contributed by atoms with van der Waals surface area (Å²) in [5.41, 5.74) is 6.50. The molecule has 62 valence electrons. The molecule has 1 aromatic rings. The first kappa shape index (κ1) is 8.26. The van der Waals surface area contributed by atoms with Gasteiger partial charge in [-0.2, -0.15) is 0 Å². The van der Waals surface area contributed by atoms with Crippen LogP contribution in [-0.4, -0.2) is 12.2 Å². The first-order valence-corrected chi connectivity index (χ1v) is 3.34. The van der Waals surface area contributed by atoms with Crippen molar-refractivity contribution in [2.45, 2.75) is 0 Å². The van der Waals surface area contributed by atoms with Crippen LogP contribution in [0.5, 0.6) is 0 Å². The quantitative estimate of drug-likeness (QED) is 0.377. The molecule has 1 amide bonds. The molecule has 0 heterocycles. The Morgan fingerprint density at radius 2 is 2.25 bits per heavy atom. The van der Waals surface area contributed by atoms with Crippen LogP contribution in [0.1, 0.15) is 0 Å². The number of anilines is 2. The number of nitrogens with one attached hydrogen (secondary N) is 1. The zero-order chi connectivity index (χ0) is 8.97. The predicted molar refractivity (Wildman–Crippen MR) is 45.5 cm³/mol. The molecule has 0 bridgehead atoms. The van der Waals surface area contributed by atoms with Gasteiger partial charge in [0.2, 0.25) is 6.29 Å². The van der Waals surface area contributed by atoms with Gasteiger partial charge in [0, 0.05) is 11.4 Å². The van der Waals surface area contributed by atoms with Crippen molar-refractivity contribution >= 4 is 23.6 Å². The number of nitrogen functional groups attached to an aromatic ring is 1. The van der Waals surface area contributed by atoms with E-state index in [2.05, 4.69) is 5.32 Å². The largest absolute Gasteiger partial charge is 0.399 e. The normalized spacial score (nSPS) is 9.00. The molecule has 0 saturated heterocycles. The standard InChI is InChI=1S/C8H8N2O2/c9-6-2-1-3-7(4-6)10-8(12)5-11/h1-5H,9H2,(H,10,12). The van der Waals surface area contributed by atoms with Crippen molar-refractivity contribution in [3.63, 3.8) is 0 Å². The molecule has 0 aromatic heterocycles. The summed E-state index contributed by atoms with van der Waals surface area (Å²) in [4.78, 5) is 20.5. The van der Waals surface area contributed by atoms with Crippen molar-refractivity contribution in [1.29, 1.82) is 0 Å². The number of hydrogen-bond acceptors (Lipinski definition) is 3. The molecule has 1 aromatic carbocycles. The Labute approximate surface area is 69.4 Å². The number of benzene rings is 1. The molecule has 0 aliphatic carbocycles. The number of nitrogens with two attached hydrogens (primary N) is 1. The van der Waals surface area contributed by atoms with Crippen LogP contribution in [-0.2, 0) is 9.59 Å². The Morgan fingerprint density at radius 3 is 2.83 bits per heavy atom. The minimum Gasteiger partial charge on any atom is -0.399 e. The smallest absolute Gasteiger partial charge is 0.288 e. The predicted octanol–water partition coefficient (Wildman–Crippen LogP) is 0.406. The molecule has 0 unspecified atom stereocenters. The van der Waals surface area contributed by atoms with E-state index in [1.807, 2.05) is 0 Å². The summed E-state index contributed by atoms with van der Waals surface area (Å²) in [5.74, 6) is -0.680. The molecule has 0 radical (unpaired) electrons. The van der Waals surface area contributed by atoms with E-state index in [9.17, 15) is 9.59 Å². The number of aldehydes is 1. The van der Waals surface area contributed by atoms with E-state index in [1.165, 1.54) is 0 Å². The summed E-state index contributed by atoms with van der Waals surface area (Å²) < 4.78 is 0. The highest BCUT2D eigenvalue weighted by atomic mass is 16.2. The average Bonchev–Trinajstić information content (AvgIpc) is 2.04. The number of carbonyl (C=O) groups is 2. The molecule has 0 spiro atoms. The Hall–Kier alpha value is -1.84. The molecule has 12 heavy (non-hydrogen) atoms. The van der Waals surface area contributed by atoms with Crippen LogP contribution >= 0.6 is 0 Å². The summed E-state index contributed by atoms with van der Waals surface area (Å²) in [6, 6.07) is 6.60. The van der Waals surface area contributed by atoms with Gasteiger partial charge >= 0.3 is 0 Å². The van der Waals surface area contributed by atoms with Gasteiger partial charge in [-0.25, -0.2) is 0 Å². The molecule has 0 aliphatic heterocycles. The fourth-order valence-electron chi connectivity index (χ4n) is 0.788. The first-order valence-electron chi connectivity index (χ1n) is 3.34. The van der Waals surface area contributed by atoms with Crippen molar-refractivity contribution < 1.29 is 9.59 Å². The van der Waals surface area contributed by atoms with E-state index in [-0.39, 0.29) is 6.29 Å². The van der Waals surface area contributed by atoms with Crippen LogP contribution in [0.15, 0.2) is 24.3 Å².